The molecule has 0 aromatic heterocycles. The number of benzene rings is 3. The first kappa shape index (κ1) is 33.1. The number of carbonyl (C=O) groups is 2. The van der Waals surface area contributed by atoms with Crippen LogP contribution >= 0.6 is 0 Å². The van der Waals surface area contributed by atoms with Crippen LogP contribution in [-0.2, 0) is 26.2 Å². The first-order chi connectivity index (χ1) is 21.0. The monoisotopic (exact) mass is 619 g/mol. The maximum absolute atomic E-state index is 14.3. The fourth-order valence-corrected chi connectivity index (χ4v) is 7.02. The molecule has 2 amide bonds. The summed E-state index contributed by atoms with van der Waals surface area (Å²) >= 11 is 0. The molecule has 3 aromatic rings. The van der Waals surface area contributed by atoms with Crippen LogP contribution in [0.3, 0.4) is 0 Å². The summed E-state index contributed by atoms with van der Waals surface area (Å²) < 4.78 is 34.7. The van der Waals surface area contributed by atoms with Gasteiger partial charge in [0.15, 0.2) is 0 Å². The number of aryl methyl sites for hydroxylation is 1. The van der Waals surface area contributed by atoms with Gasteiger partial charge in [0.05, 0.1) is 17.7 Å². The van der Waals surface area contributed by atoms with Crippen LogP contribution in [0.1, 0.15) is 75.5 Å². The summed E-state index contributed by atoms with van der Waals surface area (Å²) in [5.74, 6) is 0.266. The van der Waals surface area contributed by atoms with Crippen LogP contribution in [0, 0.1) is 6.92 Å². The Hall–Kier alpha value is -3.85. The molecule has 0 saturated heterocycles. The Balaban J connectivity index is 1.72. The third kappa shape index (κ3) is 8.00. The third-order valence-electron chi connectivity index (χ3n) is 8.34. The molecule has 1 N–H and O–H groups in total. The number of hydrogen-bond donors (Lipinski definition) is 1. The van der Waals surface area contributed by atoms with Crippen molar-refractivity contribution in [3.8, 4) is 5.75 Å². The van der Waals surface area contributed by atoms with Crippen molar-refractivity contribution < 1.29 is 22.7 Å². The first-order valence-corrected chi connectivity index (χ1v) is 16.9. The molecule has 44 heavy (non-hydrogen) atoms. The molecule has 8 nitrogen and oxygen atoms in total. The Labute approximate surface area is 262 Å². The van der Waals surface area contributed by atoms with E-state index in [0.717, 1.165) is 46.7 Å². The molecule has 1 saturated carbocycles. The number of anilines is 1. The van der Waals surface area contributed by atoms with Crippen molar-refractivity contribution in [2.45, 2.75) is 89.2 Å². The fourth-order valence-electron chi connectivity index (χ4n) is 5.61. The van der Waals surface area contributed by atoms with Crippen LogP contribution in [-0.4, -0.2) is 50.9 Å². The Morgan fingerprint density at radius 2 is 1.55 bits per heavy atom. The Bertz CT molecular complexity index is 1500. The van der Waals surface area contributed by atoms with Gasteiger partial charge in [-0.2, -0.15) is 0 Å². The summed E-state index contributed by atoms with van der Waals surface area (Å²) in [5, 5.41) is 3.15. The minimum Gasteiger partial charge on any atom is -0.497 e. The second-order valence-corrected chi connectivity index (χ2v) is 13.7. The zero-order chi connectivity index (χ0) is 31.9. The van der Waals surface area contributed by atoms with Crippen molar-refractivity contribution in [3.63, 3.8) is 0 Å². The van der Waals surface area contributed by atoms with Crippen molar-refractivity contribution >= 4 is 27.5 Å². The van der Waals surface area contributed by atoms with E-state index in [2.05, 4.69) is 19.2 Å². The van der Waals surface area contributed by atoms with Crippen LogP contribution in [0.15, 0.2) is 77.7 Å². The standard InChI is InChI=1S/C35H45N3O5S/c1-6-33(35(40)36-29-9-7-8-10-29)37(23-27-13-19-31(43-5)20-14-27)34(39)24-38(30-17-15-28(16-18-30)25(2)3)44(41,42)32-21-11-26(4)12-22-32/h11-22,25,29,33H,6-10,23-24H2,1-5H3,(H,36,40). The van der Waals surface area contributed by atoms with E-state index < -0.39 is 28.5 Å². The second-order valence-electron chi connectivity index (χ2n) is 11.9. The van der Waals surface area contributed by atoms with E-state index >= 15 is 0 Å². The minimum absolute atomic E-state index is 0.0902. The molecule has 9 heteroatoms. The van der Waals surface area contributed by atoms with E-state index in [1.165, 1.54) is 4.90 Å². The number of rotatable bonds is 13. The molecule has 4 rings (SSSR count). The number of ether oxygens (including phenoxy) is 1. The quantitative estimate of drug-likeness (QED) is 0.246. The zero-order valence-corrected chi connectivity index (χ0v) is 27.3. The number of methoxy groups -OCH3 is 1. The van der Waals surface area contributed by atoms with Crippen LogP contribution < -0.4 is 14.4 Å². The van der Waals surface area contributed by atoms with Crippen LogP contribution in [0.4, 0.5) is 5.69 Å². The summed E-state index contributed by atoms with van der Waals surface area (Å²) in [5.41, 5.74) is 3.18. The highest BCUT2D eigenvalue weighted by atomic mass is 32.2. The number of sulfonamides is 1. The summed E-state index contributed by atoms with van der Waals surface area (Å²) in [4.78, 5) is 29.6. The molecule has 0 radical (unpaired) electrons. The number of carbonyl (C=O) groups excluding carboxylic acids is 2. The van der Waals surface area contributed by atoms with Gasteiger partial charge in [-0.15, -0.1) is 0 Å². The topological polar surface area (TPSA) is 96.0 Å². The lowest BCUT2D eigenvalue weighted by atomic mass is 10.0. The average molecular weight is 620 g/mol. The van der Waals surface area contributed by atoms with Crippen molar-refractivity contribution in [2.75, 3.05) is 18.0 Å². The molecule has 236 valence electrons. The van der Waals surface area contributed by atoms with Gasteiger partial charge < -0.3 is 15.0 Å². The maximum Gasteiger partial charge on any atom is 0.264 e. The molecule has 1 unspecified atom stereocenters. The molecule has 0 heterocycles. The molecule has 0 spiro atoms. The van der Waals surface area contributed by atoms with E-state index in [9.17, 15) is 18.0 Å². The maximum atomic E-state index is 14.3. The van der Waals surface area contributed by atoms with E-state index in [0.29, 0.717) is 17.9 Å². The van der Waals surface area contributed by atoms with Crippen LogP contribution in [0.5, 0.6) is 5.75 Å². The summed E-state index contributed by atoms with van der Waals surface area (Å²) in [6, 6.07) is 20.5. The fraction of sp³-hybridized carbons (Fsp3) is 0.429. The normalized spacial score (nSPS) is 14.3. The zero-order valence-electron chi connectivity index (χ0n) is 26.5. The molecular formula is C35H45N3O5S. The minimum atomic E-state index is -4.12. The first-order valence-electron chi connectivity index (χ1n) is 15.5. The van der Waals surface area contributed by atoms with Crippen molar-refractivity contribution in [1.82, 2.24) is 10.2 Å². The number of amides is 2. The second kappa shape index (κ2) is 14.8. The van der Waals surface area contributed by atoms with E-state index in [-0.39, 0.29) is 29.3 Å². The lowest BCUT2D eigenvalue weighted by Crippen LogP contribution is -2.53. The van der Waals surface area contributed by atoms with Gasteiger partial charge in [0.25, 0.3) is 10.0 Å². The van der Waals surface area contributed by atoms with Gasteiger partial charge in [-0.25, -0.2) is 8.42 Å². The van der Waals surface area contributed by atoms with Crippen LogP contribution in [0.2, 0.25) is 0 Å². The lowest BCUT2D eigenvalue weighted by molar-refractivity contribution is -0.140. The summed E-state index contributed by atoms with van der Waals surface area (Å²) in [7, 11) is -2.53. The van der Waals surface area contributed by atoms with Crippen molar-refractivity contribution in [1.29, 1.82) is 0 Å². The van der Waals surface area contributed by atoms with Crippen molar-refractivity contribution in [3.05, 3.63) is 89.5 Å². The highest BCUT2D eigenvalue weighted by Crippen LogP contribution is 2.27. The molecule has 0 bridgehead atoms. The van der Waals surface area contributed by atoms with Gasteiger partial charge in [0, 0.05) is 12.6 Å². The molecule has 1 fully saturated rings. The Morgan fingerprint density at radius 3 is 2.09 bits per heavy atom. The largest absolute Gasteiger partial charge is 0.497 e. The summed E-state index contributed by atoms with van der Waals surface area (Å²) in [6.45, 7) is 7.58. The molecule has 1 aliphatic carbocycles. The van der Waals surface area contributed by atoms with Crippen molar-refractivity contribution in [2.24, 2.45) is 0 Å². The smallest absolute Gasteiger partial charge is 0.264 e. The predicted molar refractivity (Wildman–Crippen MR) is 174 cm³/mol. The van der Waals surface area contributed by atoms with Gasteiger partial charge in [-0.3, -0.25) is 13.9 Å². The van der Waals surface area contributed by atoms with Crippen LogP contribution in [0.25, 0.3) is 0 Å². The average Bonchev–Trinajstić information content (AvgIpc) is 3.53. The van der Waals surface area contributed by atoms with E-state index in [1.807, 2.05) is 50.2 Å². The molecular weight excluding hydrogens is 574 g/mol. The number of nitrogens with zero attached hydrogens (tertiary/aromatic N) is 2. The van der Waals surface area contributed by atoms with Gasteiger partial charge in [0.1, 0.15) is 18.3 Å². The van der Waals surface area contributed by atoms with E-state index in [4.69, 9.17) is 4.74 Å². The summed E-state index contributed by atoms with van der Waals surface area (Å²) in [6.07, 6.45) is 4.36. The highest BCUT2D eigenvalue weighted by Gasteiger charge is 2.34. The molecule has 1 atom stereocenters. The Kier molecular flexibility index (Phi) is 11.1. The van der Waals surface area contributed by atoms with Gasteiger partial charge in [-0.1, -0.05) is 75.6 Å². The highest BCUT2D eigenvalue weighted by molar-refractivity contribution is 7.92. The molecule has 3 aromatic carbocycles. The lowest BCUT2D eigenvalue weighted by Gasteiger charge is -2.34. The van der Waals surface area contributed by atoms with Gasteiger partial charge >= 0.3 is 0 Å². The SMILES string of the molecule is CCC(C(=O)NC1CCCC1)N(Cc1ccc(OC)cc1)C(=O)CN(c1ccc(C(C)C)cc1)S(=O)(=O)c1ccc(C)cc1. The predicted octanol–water partition coefficient (Wildman–Crippen LogP) is 6.19. The molecule has 1 aliphatic rings. The van der Waals surface area contributed by atoms with E-state index in [1.54, 1.807) is 43.5 Å². The van der Waals surface area contributed by atoms with Gasteiger partial charge in [0.2, 0.25) is 11.8 Å². The Morgan fingerprint density at radius 1 is 0.932 bits per heavy atom. The third-order valence-corrected chi connectivity index (χ3v) is 10.1. The number of nitrogens with one attached hydrogen (secondary N) is 1. The van der Waals surface area contributed by atoms with Gasteiger partial charge in [-0.05, 0) is 79.6 Å². The number of hydrogen-bond acceptors (Lipinski definition) is 5. The molecule has 0 aliphatic heterocycles.